The first kappa shape index (κ1) is 13.6. The lowest BCUT2D eigenvalue weighted by atomic mass is 10.3. The molecule has 0 bridgehead atoms. The van der Waals surface area contributed by atoms with Gasteiger partial charge in [-0.05, 0) is 0 Å². The number of aliphatic carboxylic acids is 1. The average Bonchev–Trinajstić information content (AvgIpc) is 2.85. The van der Waals surface area contributed by atoms with E-state index in [1.165, 1.54) is 16.3 Å². The van der Waals surface area contributed by atoms with Gasteiger partial charge in [0.05, 0.1) is 6.54 Å². The van der Waals surface area contributed by atoms with Gasteiger partial charge in [0.2, 0.25) is 0 Å². The van der Waals surface area contributed by atoms with E-state index in [9.17, 15) is 14.4 Å². The number of aliphatic hydroxyl groups is 1. The Morgan fingerprint density at radius 3 is 3.00 bits per heavy atom. The van der Waals surface area contributed by atoms with Gasteiger partial charge < -0.3 is 15.5 Å². The maximum Gasteiger partial charge on any atom is 0.334 e. The molecule has 1 aromatic heterocycles. The SMILES string of the molecule is O=C(NC[C@H](O)C(=O)O)c1cnc2n(c1=O)CCS2. The lowest BCUT2D eigenvalue weighted by molar-refractivity contribution is -0.146. The van der Waals surface area contributed by atoms with E-state index in [1.54, 1.807) is 0 Å². The van der Waals surface area contributed by atoms with Crippen LogP contribution in [0.2, 0.25) is 0 Å². The summed E-state index contributed by atoms with van der Waals surface area (Å²) in [5.41, 5.74) is -0.624. The van der Waals surface area contributed by atoms with Gasteiger partial charge in [-0.3, -0.25) is 14.2 Å². The van der Waals surface area contributed by atoms with E-state index in [1.807, 2.05) is 0 Å². The lowest BCUT2D eigenvalue weighted by Crippen LogP contribution is -2.39. The summed E-state index contributed by atoms with van der Waals surface area (Å²) in [7, 11) is 0. The summed E-state index contributed by atoms with van der Waals surface area (Å²) >= 11 is 1.43. The van der Waals surface area contributed by atoms with E-state index in [0.29, 0.717) is 11.7 Å². The molecule has 102 valence electrons. The van der Waals surface area contributed by atoms with Crippen molar-refractivity contribution in [3.8, 4) is 0 Å². The fourth-order valence-corrected chi connectivity index (χ4v) is 2.46. The molecular weight excluding hydrogens is 274 g/mol. The van der Waals surface area contributed by atoms with Gasteiger partial charge in [-0.25, -0.2) is 9.78 Å². The van der Waals surface area contributed by atoms with E-state index in [4.69, 9.17) is 10.2 Å². The monoisotopic (exact) mass is 285 g/mol. The highest BCUT2D eigenvalue weighted by atomic mass is 32.2. The minimum Gasteiger partial charge on any atom is -0.479 e. The Morgan fingerprint density at radius 1 is 1.58 bits per heavy atom. The number of rotatable bonds is 4. The van der Waals surface area contributed by atoms with Crippen LogP contribution < -0.4 is 10.9 Å². The first-order valence-corrected chi connectivity index (χ1v) is 6.41. The number of aliphatic hydroxyl groups excluding tert-OH is 1. The molecule has 2 rings (SSSR count). The highest BCUT2D eigenvalue weighted by molar-refractivity contribution is 7.99. The number of nitrogens with zero attached hydrogens (tertiary/aromatic N) is 2. The van der Waals surface area contributed by atoms with Gasteiger partial charge in [-0.15, -0.1) is 0 Å². The zero-order valence-corrected chi connectivity index (χ0v) is 10.5. The summed E-state index contributed by atoms with van der Waals surface area (Å²) in [5.74, 6) is -1.46. The van der Waals surface area contributed by atoms with Crippen LogP contribution in [-0.2, 0) is 11.3 Å². The number of carbonyl (C=O) groups is 2. The topological polar surface area (TPSA) is 122 Å². The van der Waals surface area contributed by atoms with Crippen LogP contribution in [0.1, 0.15) is 10.4 Å². The number of carboxylic acid groups (broad SMARTS) is 1. The maximum absolute atomic E-state index is 12.0. The van der Waals surface area contributed by atoms with Gasteiger partial charge in [-0.1, -0.05) is 11.8 Å². The average molecular weight is 285 g/mol. The summed E-state index contributed by atoms with van der Waals surface area (Å²) < 4.78 is 1.40. The van der Waals surface area contributed by atoms with Gasteiger partial charge in [0, 0.05) is 18.5 Å². The Morgan fingerprint density at radius 2 is 2.32 bits per heavy atom. The normalized spacial score (nSPS) is 14.8. The molecule has 0 saturated carbocycles. The number of thioether (sulfide) groups is 1. The lowest BCUT2D eigenvalue weighted by Gasteiger charge is -2.08. The minimum absolute atomic E-state index is 0.163. The summed E-state index contributed by atoms with van der Waals surface area (Å²) in [6.07, 6.45) is -0.542. The molecule has 1 atom stereocenters. The predicted octanol–water partition coefficient (Wildman–Crippen LogP) is -1.48. The van der Waals surface area contributed by atoms with Gasteiger partial charge in [0.1, 0.15) is 5.56 Å². The van der Waals surface area contributed by atoms with Crippen LogP contribution in [0.4, 0.5) is 0 Å². The number of fused-ring (bicyclic) bond motifs is 1. The number of hydrogen-bond donors (Lipinski definition) is 3. The standard InChI is InChI=1S/C10H11N3O5S/c14-6(9(17)18)4-11-7(15)5-3-12-10-13(8(5)16)1-2-19-10/h3,6,14H,1-2,4H2,(H,11,15)(H,17,18)/t6-/m0/s1. The smallest absolute Gasteiger partial charge is 0.334 e. The third-order valence-corrected chi connectivity index (χ3v) is 3.51. The van der Waals surface area contributed by atoms with Gasteiger partial charge in [0.15, 0.2) is 11.3 Å². The van der Waals surface area contributed by atoms with Crippen LogP contribution in [0.25, 0.3) is 0 Å². The molecule has 0 spiro atoms. The molecule has 1 aromatic rings. The van der Waals surface area contributed by atoms with Crippen molar-refractivity contribution < 1.29 is 19.8 Å². The zero-order chi connectivity index (χ0) is 14.0. The first-order chi connectivity index (χ1) is 9.00. The van der Waals surface area contributed by atoms with Crippen LogP contribution in [0.15, 0.2) is 16.1 Å². The van der Waals surface area contributed by atoms with Crippen LogP contribution in [0, 0.1) is 0 Å². The van der Waals surface area contributed by atoms with Crippen molar-refractivity contribution in [3.05, 3.63) is 22.1 Å². The molecule has 3 N–H and O–H groups in total. The number of nitrogens with one attached hydrogen (secondary N) is 1. The first-order valence-electron chi connectivity index (χ1n) is 5.42. The minimum atomic E-state index is -1.70. The fourth-order valence-electron chi connectivity index (χ4n) is 1.55. The second-order valence-electron chi connectivity index (χ2n) is 3.82. The van der Waals surface area contributed by atoms with Crippen molar-refractivity contribution in [2.45, 2.75) is 17.8 Å². The quantitative estimate of drug-likeness (QED) is 0.577. The van der Waals surface area contributed by atoms with E-state index < -0.39 is 30.1 Å². The Bertz CT molecular complexity index is 585. The van der Waals surface area contributed by atoms with Crippen molar-refractivity contribution in [2.24, 2.45) is 0 Å². The molecule has 9 heteroatoms. The zero-order valence-electron chi connectivity index (χ0n) is 9.70. The van der Waals surface area contributed by atoms with Crippen molar-refractivity contribution in [3.63, 3.8) is 0 Å². The second kappa shape index (κ2) is 5.41. The molecule has 8 nitrogen and oxygen atoms in total. The highest BCUT2D eigenvalue weighted by Crippen LogP contribution is 2.20. The second-order valence-corrected chi connectivity index (χ2v) is 4.89. The number of carboxylic acids is 1. The van der Waals surface area contributed by atoms with Gasteiger partial charge >= 0.3 is 5.97 Å². The third kappa shape index (κ3) is 2.76. The van der Waals surface area contributed by atoms with Crippen LogP contribution in [0.5, 0.6) is 0 Å². The van der Waals surface area contributed by atoms with Crippen molar-refractivity contribution in [1.82, 2.24) is 14.9 Å². The molecule has 2 heterocycles. The van der Waals surface area contributed by atoms with Crippen molar-refractivity contribution in [2.75, 3.05) is 12.3 Å². The van der Waals surface area contributed by atoms with E-state index in [-0.39, 0.29) is 5.56 Å². The molecule has 0 aliphatic carbocycles. The van der Waals surface area contributed by atoms with E-state index in [2.05, 4.69) is 10.3 Å². The van der Waals surface area contributed by atoms with Crippen LogP contribution >= 0.6 is 11.8 Å². The molecular formula is C10H11N3O5S. The van der Waals surface area contributed by atoms with Gasteiger partial charge in [-0.2, -0.15) is 0 Å². The Hall–Kier alpha value is -1.87. The molecule has 19 heavy (non-hydrogen) atoms. The summed E-state index contributed by atoms with van der Waals surface area (Å²) in [6.45, 7) is 0.0226. The third-order valence-electron chi connectivity index (χ3n) is 2.54. The molecule has 1 amide bonds. The molecule has 1 aliphatic rings. The molecule has 0 aromatic carbocycles. The number of aromatic nitrogens is 2. The van der Waals surface area contributed by atoms with E-state index in [0.717, 1.165) is 11.9 Å². The molecule has 0 radical (unpaired) electrons. The maximum atomic E-state index is 12.0. The highest BCUT2D eigenvalue weighted by Gasteiger charge is 2.21. The largest absolute Gasteiger partial charge is 0.479 e. The Labute approximate surface area is 111 Å². The molecule has 0 fully saturated rings. The van der Waals surface area contributed by atoms with E-state index >= 15 is 0 Å². The number of carbonyl (C=O) groups excluding carboxylic acids is 1. The van der Waals surface area contributed by atoms with Crippen LogP contribution in [0.3, 0.4) is 0 Å². The summed E-state index contributed by atoms with van der Waals surface area (Å²) in [4.78, 5) is 38.0. The summed E-state index contributed by atoms with van der Waals surface area (Å²) in [5, 5.41) is 20.2. The Balaban J connectivity index is 2.12. The van der Waals surface area contributed by atoms with Gasteiger partial charge in [0.25, 0.3) is 11.5 Å². The molecule has 0 saturated heterocycles. The van der Waals surface area contributed by atoms with Crippen LogP contribution in [-0.4, -0.2) is 50.0 Å². The fraction of sp³-hybridized carbons (Fsp3) is 0.400. The number of hydrogen-bond acceptors (Lipinski definition) is 6. The Kier molecular flexibility index (Phi) is 3.86. The number of amides is 1. The molecule has 1 aliphatic heterocycles. The summed E-state index contributed by atoms with van der Waals surface area (Å²) in [6, 6.07) is 0. The molecule has 0 unspecified atom stereocenters. The van der Waals surface area contributed by atoms with Crippen molar-refractivity contribution in [1.29, 1.82) is 0 Å². The van der Waals surface area contributed by atoms with Crippen molar-refractivity contribution >= 4 is 23.6 Å². The predicted molar refractivity (Wildman–Crippen MR) is 65.2 cm³/mol.